The molecule has 1 heterocycles. The highest BCUT2D eigenvalue weighted by atomic mass is 19.4. The number of urea groups is 1. The van der Waals surface area contributed by atoms with Gasteiger partial charge in [0.05, 0.1) is 0 Å². The minimum absolute atomic E-state index is 0.145. The number of carbonyl (C=O) groups is 2. The van der Waals surface area contributed by atoms with Gasteiger partial charge in [-0.15, -0.1) is 0 Å². The maximum absolute atomic E-state index is 14.0. The Morgan fingerprint density at radius 1 is 1.03 bits per heavy atom. The molecule has 1 aliphatic rings. The van der Waals surface area contributed by atoms with Crippen LogP contribution in [0.3, 0.4) is 0 Å². The molecule has 1 atom stereocenters. The molecule has 2 aromatic rings. The number of nitrogens with two attached hydrogens (primary N) is 1. The quantitative estimate of drug-likeness (QED) is 0.709. The predicted molar refractivity (Wildman–Crippen MR) is 103 cm³/mol. The third-order valence-corrected chi connectivity index (χ3v) is 4.96. The normalized spacial score (nSPS) is 19.7. The van der Waals surface area contributed by atoms with Crippen molar-refractivity contribution >= 4 is 23.3 Å². The number of carbonyl (C=O) groups excluding carboxylic acids is 2. The van der Waals surface area contributed by atoms with Crippen LogP contribution in [0.1, 0.15) is 12.0 Å². The number of amides is 3. The van der Waals surface area contributed by atoms with Gasteiger partial charge in [0.15, 0.2) is 5.41 Å². The summed E-state index contributed by atoms with van der Waals surface area (Å²) in [6, 6.07) is 14.2. The molecule has 0 spiro atoms. The Hall–Kier alpha value is -3.07. The second-order valence-corrected chi connectivity index (χ2v) is 7.05. The number of halogens is 3. The zero-order valence-corrected chi connectivity index (χ0v) is 15.5. The maximum Gasteiger partial charge on any atom is 0.404 e. The first-order valence-electron chi connectivity index (χ1n) is 9.01. The van der Waals surface area contributed by atoms with Crippen LogP contribution in [0.2, 0.25) is 0 Å². The van der Waals surface area contributed by atoms with Gasteiger partial charge in [-0.05, 0) is 36.7 Å². The number of nitrogens with zero attached hydrogens (tertiary/aromatic N) is 1. The second-order valence-electron chi connectivity index (χ2n) is 7.05. The fraction of sp³-hybridized carbons (Fsp3) is 0.300. The number of benzene rings is 2. The molecule has 0 aromatic heterocycles. The summed E-state index contributed by atoms with van der Waals surface area (Å²) < 4.78 is 41.9. The average molecular weight is 406 g/mol. The summed E-state index contributed by atoms with van der Waals surface area (Å²) in [5.41, 5.74) is 3.84. The van der Waals surface area contributed by atoms with Crippen molar-refractivity contribution < 1.29 is 22.8 Å². The van der Waals surface area contributed by atoms with Crippen LogP contribution in [0.25, 0.3) is 0 Å². The Morgan fingerprint density at radius 2 is 1.69 bits per heavy atom. The van der Waals surface area contributed by atoms with E-state index in [1.807, 2.05) is 30.3 Å². The first kappa shape index (κ1) is 20.7. The molecule has 0 radical (unpaired) electrons. The van der Waals surface area contributed by atoms with Crippen LogP contribution < -0.4 is 16.4 Å². The van der Waals surface area contributed by atoms with Crippen molar-refractivity contribution in [2.45, 2.75) is 19.1 Å². The van der Waals surface area contributed by atoms with Gasteiger partial charge in [0.25, 0.3) is 0 Å². The smallest absolute Gasteiger partial charge is 0.351 e. The molecule has 4 N–H and O–H groups in total. The number of hydrogen-bond acceptors (Lipinski definition) is 3. The van der Waals surface area contributed by atoms with Crippen molar-refractivity contribution in [3.63, 3.8) is 0 Å². The van der Waals surface area contributed by atoms with E-state index >= 15 is 0 Å². The number of anilines is 2. The summed E-state index contributed by atoms with van der Waals surface area (Å²) in [6.07, 6.45) is -5.03. The van der Waals surface area contributed by atoms with Gasteiger partial charge in [-0.3, -0.25) is 9.69 Å². The third kappa shape index (κ3) is 4.68. The van der Waals surface area contributed by atoms with Crippen LogP contribution in [-0.2, 0) is 11.3 Å². The Labute approximate surface area is 165 Å². The number of primary amides is 1. The van der Waals surface area contributed by atoms with E-state index in [9.17, 15) is 22.8 Å². The van der Waals surface area contributed by atoms with E-state index in [-0.39, 0.29) is 24.3 Å². The lowest BCUT2D eigenvalue weighted by Gasteiger charge is -2.30. The van der Waals surface area contributed by atoms with Crippen LogP contribution in [0, 0.1) is 5.41 Å². The first-order chi connectivity index (χ1) is 13.7. The van der Waals surface area contributed by atoms with Gasteiger partial charge >= 0.3 is 12.2 Å². The van der Waals surface area contributed by atoms with Gasteiger partial charge in [-0.1, -0.05) is 36.4 Å². The maximum atomic E-state index is 14.0. The number of alkyl halides is 3. The fourth-order valence-corrected chi connectivity index (χ4v) is 3.48. The van der Waals surface area contributed by atoms with Crippen LogP contribution >= 0.6 is 0 Å². The van der Waals surface area contributed by atoms with E-state index in [0.29, 0.717) is 6.54 Å². The summed E-state index contributed by atoms with van der Waals surface area (Å²) in [5.74, 6) is -1.11. The van der Waals surface area contributed by atoms with Gasteiger partial charge in [0.1, 0.15) is 0 Å². The summed E-state index contributed by atoms with van der Waals surface area (Å²) >= 11 is 0. The van der Waals surface area contributed by atoms with E-state index in [1.54, 1.807) is 4.90 Å². The monoisotopic (exact) mass is 406 g/mol. The van der Waals surface area contributed by atoms with Crippen LogP contribution in [0.15, 0.2) is 54.6 Å². The lowest BCUT2D eigenvalue weighted by Crippen LogP contribution is -2.49. The Kier molecular flexibility index (Phi) is 5.78. The highest BCUT2D eigenvalue weighted by molar-refractivity contribution is 5.97. The highest BCUT2D eigenvalue weighted by Crippen LogP contribution is 2.46. The molecule has 0 saturated carbocycles. The molecule has 154 valence electrons. The van der Waals surface area contributed by atoms with Crippen molar-refractivity contribution in [3.8, 4) is 0 Å². The summed E-state index contributed by atoms with van der Waals surface area (Å²) in [4.78, 5) is 25.3. The summed E-state index contributed by atoms with van der Waals surface area (Å²) in [5, 5.41) is 4.67. The van der Waals surface area contributed by atoms with Crippen molar-refractivity contribution in [1.82, 2.24) is 4.90 Å². The molecule has 2 aromatic carbocycles. The number of rotatable bonds is 5. The third-order valence-electron chi connectivity index (χ3n) is 4.96. The van der Waals surface area contributed by atoms with Crippen molar-refractivity contribution in [3.05, 3.63) is 60.2 Å². The van der Waals surface area contributed by atoms with Crippen LogP contribution in [-0.4, -0.2) is 36.1 Å². The standard InChI is InChI=1S/C20H21F3N4O2/c21-20(22,23)19(9-10-27(13-19)12-14-5-2-1-3-6-14)17(28)25-15-7-4-8-16(11-15)26-18(24)29/h1-8,11H,9-10,12-13H2,(H,25,28)(H3,24,26,29)/t19-/m1/s1. The van der Waals surface area contributed by atoms with Crippen molar-refractivity contribution in [1.29, 1.82) is 0 Å². The Morgan fingerprint density at radius 3 is 2.31 bits per heavy atom. The minimum atomic E-state index is -4.70. The molecule has 1 saturated heterocycles. The van der Waals surface area contributed by atoms with Crippen molar-refractivity contribution in [2.75, 3.05) is 23.7 Å². The lowest BCUT2D eigenvalue weighted by atomic mass is 9.85. The number of hydrogen-bond donors (Lipinski definition) is 3. The average Bonchev–Trinajstić information content (AvgIpc) is 3.07. The Balaban J connectivity index is 1.77. The van der Waals surface area contributed by atoms with Gasteiger partial charge in [0.2, 0.25) is 5.91 Å². The summed E-state index contributed by atoms with van der Waals surface area (Å²) in [7, 11) is 0. The molecule has 29 heavy (non-hydrogen) atoms. The van der Waals surface area contributed by atoms with E-state index in [4.69, 9.17) is 5.73 Å². The first-order valence-corrected chi connectivity index (χ1v) is 9.01. The van der Waals surface area contributed by atoms with E-state index in [1.165, 1.54) is 24.3 Å². The molecule has 3 rings (SSSR count). The van der Waals surface area contributed by atoms with Crippen LogP contribution in [0.5, 0.6) is 0 Å². The van der Waals surface area contributed by atoms with E-state index in [0.717, 1.165) is 5.56 Å². The van der Waals surface area contributed by atoms with Crippen LogP contribution in [0.4, 0.5) is 29.3 Å². The molecule has 0 bridgehead atoms. The van der Waals surface area contributed by atoms with E-state index < -0.39 is 30.1 Å². The molecule has 3 amide bonds. The molecule has 6 nitrogen and oxygen atoms in total. The largest absolute Gasteiger partial charge is 0.404 e. The number of nitrogens with one attached hydrogen (secondary N) is 2. The van der Waals surface area contributed by atoms with Gasteiger partial charge < -0.3 is 16.4 Å². The minimum Gasteiger partial charge on any atom is -0.351 e. The fourth-order valence-electron chi connectivity index (χ4n) is 3.48. The van der Waals surface area contributed by atoms with Gasteiger partial charge in [-0.2, -0.15) is 13.2 Å². The molecule has 9 heteroatoms. The molecule has 0 unspecified atom stereocenters. The van der Waals surface area contributed by atoms with Gasteiger partial charge in [-0.25, -0.2) is 4.79 Å². The zero-order chi connectivity index (χ0) is 21.1. The van der Waals surface area contributed by atoms with Crippen molar-refractivity contribution in [2.24, 2.45) is 11.1 Å². The SMILES string of the molecule is NC(=O)Nc1cccc(NC(=O)[C@@]2(C(F)(F)F)CCN(Cc3ccccc3)C2)c1. The predicted octanol–water partition coefficient (Wildman–Crippen LogP) is 3.57. The zero-order valence-electron chi connectivity index (χ0n) is 15.5. The van der Waals surface area contributed by atoms with Gasteiger partial charge in [0, 0.05) is 24.5 Å². The lowest BCUT2D eigenvalue weighted by molar-refractivity contribution is -0.215. The highest BCUT2D eigenvalue weighted by Gasteiger charge is 2.62. The molecule has 1 fully saturated rings. The topological polar surface area (TPSA) is 87.5 Å². The number of likely N-dealkylation sites (tertiary alicyclic amines) is 1. The molecule has 0 aliphatic carbocycles. The second kappa shape index (κ2) is 8.12. The molecule has 1 aliphatic heterocycles. The van der Waals surface area contributed by atoms with E-state index in [2.05, 4.69) is 10.6 Å². The molecular weight excluding hydrogens is 385 g/mol. The summed E-state index contributed by atoms with van der Waals surface area (Å²) in [6.45, 7) is 0.0749. The Bertz CT molecular complexity index is 889. The molecular formula is C20H21F3N4O2.